The molecule has 1 heterocycles. The lowest BCUT2D eigenvalue weighted by atomic mass is 9.63. The quantitative estimate of drug-likeness (QED) is 0.569. The van der Waals surface area contributed by atoms with Crippen molar-refractivity contribution in [3.05, 3.63) is 0 Å². The Hall–Kier alpha value is -0.473. The number of rotatable bonds is 6. The molecule has 1 N–H and O–H groups in total. The molecule has 7 heteroatoms. The molecular formula is C18H34O6Si. The Morgan fingerprint density at radius 1 is 1.24 bits per heavy atom. The topological polar surface area (TPSA) is 74.2 Å². The van der Waals surface area contributed by atoms with Crippen LogP contribution in [-0.4, -0.2) is 56.2 Å². The van der Waals surface area contributed by atoms with Crippen LogP contribution < -0.4 is 0 Å². The zero-order valence-electron chi connectivity index (χ0n) is 16.8. The van der Waals surface area contributed by atoms with Crippen LogP contribution >= 0.6 is 0 Å². The van der Waals surface area contributed by atoms with Gasteiger partial charge >= 0.3 is 5.97 Å². The standard InChI is InChI=1S/C18H34O6Si/c1-9-21-13(19)10-12-14-15(24-17(5,6)23-14)18(12,20)11-22-25(7,8)16(2,3)4/h12,14-15,20H,9-11H2,1-8H3/t12-,14-,15-,18+/m1/s1. The largest absolute Gasteiger partial charge is 0.466 e. The van der Waals surface area contributed by atoms with Gasteiger partial charge in [0.05, 0.1) is 25.7 Å². The maximum atomic E-state index is 12.0. The van der Waals surface area contributed by atoms with Gasteiger partial charge in [0.2, 0.25) is 0 Å². The van der Waals surface area contributed by atoms with Crippen molar-refractivity contribution in [2.24, 2.45) is 5.92 Å². The number of ether oxygens (including phenoxy) is 3. The number of hydrogen-bond acceptors (Lipinski definition) is 6. The van der Waals surface area contributed by atoms with E-state index in [1.165, 1.54) is 0 Å². The number of fused-ring (bicyclic) bond motifs is 1. The Bertz CT molecular complexity index is 512. The molecule has 6 nitrogen and oxygen atoms in total. The first-order valence-electron chi connectivity index (χ1n) is 9.11. The van der Waals surface area contributed by atoms with Gasteiger partial charge in [-0.2, -0.15) is 0 Å². The Morgan fingerprint density at radius 2 is 1.84 bits per heavy atom. The van der Waals surface area contributed by atoms with Gasteiger partial charge in [-0.05, 0) is 38.9 Å². The summed E-state index contributed by atoms with van der Waals surface area (Å²) in [5.74, 6) is -1.49. The summed E-state index contributed by atoms with van der Waals surface area (Å²) in [6, 6.07) is 0. The van der Waals surface area contributed by atoms with E-state index in [1.54, 1.807) is 6.92 Å². The van der Waals surface area contributed by atoms with Crippen molar-refractivity contribution in [3.8, 4) is 0 Å². The minimum atomic E-state index is -2.03. The normalized spacial score (nSPS) is 34.4. The van der Waals surface area contributed by atoms with Crippen molar-refractivity contribution in [2.45, 2.75) is 89.7 Å². The van der Waals surface area contributed by atoms with Gasteiger partial charge in [0.1, 0.15) is 11.7 Å². The highest BCUT2D eigenvalue weighted by atomic mass is 28.4. The summed E-state index contributed by atoms with van der Waals surface area (Å²) in [6.45, 7) is 16.6. The first-order valence-corrected chi connectivity index (χ1v) is 12.0. The van der Waals surface area contributed by atoms with Gasteiger partial charge in [-0.15, -0.1) is 0 Å². The summed E-state index contributed by atoms with van der Waals surface area (Å²) < 4.78 is 23.1. The van der Waals surface area contributed by atoms with Crippen LogP contribution in [0.3, 0.4) is 0 Å². The van der Waals surface area contributed by atoms with E-state index in [4.69, 9.17) is 18.6 Å². The lowest BCUT2D eigenvalue weighted by molar-refractivity contribution is -0.233. The van der Waals surface area contributed by atoms with Crippen LogP contribution in [0.4, 0.5) is 0 Å². The third-order valence-corrected chi connectivity index (χ3v) is 10.3. The molecule has 4 atom stereocenters. The van der Waals surface area contributed by atoms with Crippen LogP contribution in [-0.2, 0) is 23.4 Å². The fraction of sp³-hybridized carbons (Fsp3) is 0.944. The molecule has 0 bridgehead atoms. The molecule has 0 aromatic heterocycles. The number of aliphatic hydroxyl groups is 1. The maximum absolute atomic E-state index is 12.0. The van der Waals surface area contributed by atoms with E-state index >= 15 is 0 Å². The van der Waals surface area contributed by atoms with Crippen LogP contribution in [0.25, 0.3) is 0 Å². The van der Waals surface area contributed by atoms with E-state index in [0.717, 1.165) is 0 Å². The van der Waals surface area contributed by atoms with Crippen LogP contribution in [0, 0.1) is 5.92 Å². The number of esters is 1. The SMILES string of the molecule is CCOC(=O)C[C@@H]1[C@H]2OC(C)(C)O[C@H]2[C@]1(O)CO[Si](C)(C)C(C)(C)C. The summed E-state index contributed by atoms with van der Waals surface area (Å²) >= 11 is 0. The molecule has 25 heavy (non-hydrogen) atoms. The van der Waals surface area contributed by atoms with Crippen molar-refractivity contribution in [1.29, 1.82) is 0 Å². The molecule has 0 spiro atoms. The fourth-order valence-corrected chi connectivity index (χ4v) is 4.27. The summed E-state index contributed by atoms with van der Waals surface area (Å²) in [5, 5.41) is 11.3. The third-order valence-electron chi connectivity index (χ3n) is 5.82. The fourth-order valence-electron chi connectivity index (χ4n) is 3.24. The lowest BCUT2D eigenvalue weighted by Crippen LogP contribution is -2.71. The maximum Gasteiger partial charge on any atom is 0.306 e. The summed E-state index contributed by atoms with van der Waals surface area (Å²) in [7, 11) is -2.03. The van der Waals surface area contributed by atoms with Crippen molar-refractivity contribution < 1.29 is 28.5 Å². The van der Waals surface area contributed by atoms with E-state index in [2.05, 4.69) is 33.9 Å². The summed E-state index contributed by atoms with van der Waals surface area (Å²) in [6.07, 6.45) is -0.689. The molecule has 1 saturated carbocycles. The van der Waals surface area contributed by atoms with Gasteiger partial charge in [-0.25, -0.2) is 0 Å². The predicted octanol–water partition coefficient (Wildman–Crippen LogP) is 2.84. The van der Waals surface area contributed by atoms with E-state index in [-0.39, 0.29) is 36.1 Å². The second-order valence-corrected chi connectivity index (χ2v) is 14.0. The zero-order chi connectivity index (χ0) is 19.3. The number of carbonyl (C=O) groups is 1. The highest BCUT2D eigenvalue weighted by Crippen LogP contribution is 2.53. The first-order chi connectivity index (χ1) is 11.2. The Morgan fingerprint density at radius 3 is 2.36 bits per heavy atom. The van der Waals surface area contributed by atoms with E-state index in [9.17, 15) is 9.90 Å². The molecule has 2 aliphatic rings. The van der Waals surface area contributed by atoms with Gasteiger partial charge in [0.25, 0.3) is 0 Å². The van der Waals surface area contributed by atoms with Crippen LogP contribution in [0.2, 0.25) is 18.1 Å². The molecule has 0 unspecified atom stereocenters. The third kappa shape index (κ3) is 3.95. The second kappa shape index (κ2) is 6.60. The van der Waals surface area contributed by atoms with Gasteiger partial charge in [-0.3, -0.25) is 4.79 Å². The van der Waals surface area contributed by atoms with Crippen LogP contribution in [0.15, 0.2) is 0 Å². The predicted molar refractivity (Wildman–Crippen MR) is 96.7 cm³/mol. The molecule has 2 rings (SSSR count). The Labute approximate surface area is 152 Å². The second-order valence-electron chi connectivity index (χ2n) is 9.18. The number of hydrogen-bond donors (Lipinski definition) is 1. The molecule has 0 aromatic rings. The summed E-state index contributed by atoms with van der Waals surface area (Å²) in [4.78, 5) is 12.0. The average molecular weight is 375 g/mol. The van der Waals surface area contributed by atoms with Crippen molar-refractivity contribution in [3.63, 3.8) is 0 Å². The van der Waals surface area contributed by atoms with Gasteiger partial charge in [0.15, 0.2) is 14.1 Å². The Kier molecular flexibility index (Phi) is 5.50. The van der Waals surface area contributed by atoms with Crippen LogP contribution in [0.1, 0.15) is 48.0 Å². The van der Waals surface area contributed by atoms with Gasteiger partial charge in [0, 0.05) is 5.92 Å². The molecule has 1 aliphatic carbocycles. The average Bonchev–Trinajstić information content (AvgIpc) is 2.75. The van der Waals surface area contributed by atoms with Crippen LogP contribution in [0.5, 0.6) is 0 Å². The lowest BCUT2D eigenvalue weighted by Gasteiger charge is -2.53. The monoisotopic (exact) mass is 374 g/mol. The highest BCUT2D eigenvalue weighted by molar-refractivity contribution is 6.74. The highest BCUT2D eigenvalue weighted by Gasteiger charge is 2.69. The minimum Gasteiger partial charge on any atom is -0.466 e. The molecule has 1 aliphatic heterocycles. The smallest absolute Gasteiger partial charge is 0.306 e. The van der Waals surface area contributed by atoms with Gasteiger partial charge in [-0.1, -0.05) is 20.8 Å². The minimum absolute atomic E-state index is 0.0372. The molecule has 0 amide bonds. The van der Waals surface area contributed by atoms with Gasteiger partial charge < -0.3 is 23.7 Å². The van der Waals surface area contributed by atoms with E-state index < -0.39 is 25.8 Å². The molecule has 2 fully saturated rings. The van der Waals surface area contributed by atoms with E-state index in [0.29, 0.717) is 6.61 Å². The molecular weight excluding hydrogens is 340 g/mol. The zero-order valence-corrected chi connectivity index (χ0v) is 17.8. The number of carbonyl (C=O) groups excluding carboxylic acids is 1. The first kappa shape index (κ1) is 20.8. The summed E-state index contributed by atoms with van der Waals surface area (Å²) in [5.41, 5.74) is -1.24. The van der Waals surface area contributed by atoms with Crippen molar-refractivity contribution >= 4 is 14.3 Å². The molecule has 0 radical (unpaired) electrons. The molecule has 0 aromatic carbocycles. The van der Waals surface area contributed by atoms with E-state index in [1.807, 2.05) is 13.8 Å². The van der Waals surface area contributed by atoms with Crippen molar-refractivity contribution in [1.82, 2.24) is 0 Å². The molecule has 146 valence electrons. The Balaban J connectivity index is 2.15. The van der Waals surface area contributed by atoms with Crippen molar-refractivity contribution in [2.75, 3.05) is 13.2 Å². The molecule has 1 saturated heterocycles.